The van der Waals surface area contributed by atoms with Crippen molar-refractivity contribution in [1.29, 1.82) is 0 Å². The number of pyridine rings is 1. The van der Waals surface area contributed by atoms with Gasteiger partial charge < -0.3 is 20.3 Å². The molecule has 0 bridgehead atoms. The molecule has 1 amide bonds. The molecule has 172 valence electrons. The van der Waals surface area contributed by atoms with Gasteiger partial charge in [0.1, 0.15) is 23.0 Å². The highest BCUT2D eigenvalue weighted by atomic mass is 19.1. The molecular formula is C24H26FN5O3. The number of rotatable bonds is 7. The van der Waals surface area contributed by atoms with E-state index in [9.17, 15) is 9.18 Å². The van der Waals surface area contributed by atoms with Gasteiger partial charge in [-0.25, -0.2) is 9.87 Å². The number of aromatic nitrogens is 1. The van der Waals surface area contributed by atoms with Crippen LogP contribution in [0.15, 0.2) is 54.7 Å². The van der Waals surface area contributed by atoms with Crippen molar-refractivity contribution < 1.29 is 18.8 Å². The minimum absolute atomic E-state index is 0.0900. The van der Waals surface area contributed by atoms with Crippen LogP contribution in [0.3, 0.4) is 0 Å². The largest absolute Gasteiger partial charge is 0.457 e. The Kier molecular flexibility index (Phi) is 6.32. The molecule has 9 heteroatoms. The van der Waals surface area contributed by atoms with Crippen LogP contribution in [0.2, 0.25) is 0 Å². The van der Waals surface area contributed by atoms with Gasteiger partial charge in [-0.15, -0.1) is 0 Å². The zero-order valence-electron chi connectivity index (χ0n) is 18.8. The van der Waals surface area contributed by atoms with Crippen molar-refractivity contribution in [3.05, 3.63) is 71.8 Å². The highest BCUT2D eigenvalue weighted by Crippen LogP contribution is 2.38. The fourth-order valence-corrected chi connectivity index (χ4v) is 3.63. The first-order valence-electron chi connectivity index (χ1n) is 10.5. The number of fused-ring (bicyclic) bond motifs is 1. The molecule has 2 aromatic carbocycles. The number of hydrogen-bond donors (Lipinski definition) is 3. The first-order valence-corrected chi connectivity index (χ1v) is 10.5. The summed E-state index contributed by atoms with van der Waals surface area (Å²) < 4.78 is 20.0. The van der Waals surface area contributed by atoms with E-state index in [1.807, 2.05) is 45.2 Å². The average molecular weight is 452 g/mol. The fourth-order valence-electron chi connectivity index (χ4n) is 3.63. The SMILES string of the molecule is CONC(=O)c1cc(Oc2ccc3c(c2)NC(Nc2ccc(F)c(C(C)C)c2)N3C)ccn1. The number of benzene rings is 2. The quantitative estimate of drug-likeness (QED) is 0.450. The first-order chi connectivity index (χ1) is 15.9. The molecule has 8 nitrogen and oxygen atoms in total. The van der Waals surface area contributed by atoms with Crippen LogP contribution < -0.4 is 25.8 Å². The number of carbonyl (C=O) groups is 1. The molecule has 4 rings (SSSR count). The van der Waals surface area contributed by atoms with Crippen LogP contribution in [-0.2, 0) is 4.84 Å². The van der Waals surface area contributed by atoms with Gasteiger partial charge in [0.25, 0.3) is 5.91 Å². The van der Waals surface area contributed by atoms with E-state index < -0.39 is 5.91 Å². The lowest BCUT2D eigenvalue weighted by molar-refractivity contribution is 0.0532. The predicted octanol–water partition coefficient (Wildman–Crippen LogP) is 4.69. The summed E-state index contributed by atoms with van der Waals surface area (Å²) in [4.78, 5) is 22.6. The van der Waals surface area contributed by atoms with Gasteiger partial charge in [-0.05, 0) is 47.9 Å². The van der Waals surface area contributed by atoms with Crippen LogP contribution in [0.25, 0.3) is 0 Å². The summed E-state index contributed by atoms with van der Waals surface area (Å²) in [5.41, 5.74) is 5.77. The highest BCUT2D eigenvalue weighted by Gasteiger charge is 2.26. The minimum Gasteiger partial charge on any atom is -0.457 e. The summed E-state index contributed by atoms with van der Waals surface area (Å²) in [7, 11) is 3.32. The number of ether oxygens (including phenoxy) is 1. The molecule has 1 atom stereocenters. The fraction of sp³-hybridized carbons (Fsp3) is 0.250. The number of amides is 1. The average Bonchev–Trinajstić information content (AvgIpc) is 3.09. The van der Waals surface area contributed by atoms with Crippen molar-refractivity contribution >= 4 is 23.0 Å². The standard InChI is InChI=1S/C24H26FN5O3/c1-14(2)18-11-15(5-7-19(18)25)27-24-28-20-12-16(6-8-22(20)30(24)3)33-17-9-10-26-21(13-17)23(31)29-32-4/h5-14,24,27-28H,1-4H3,(H,29,31). The number of nitrogens with one attached hydrogen (secondary N) is 3. The van der Waals surface area contributed by atoms with Crippen LogP contribution in [0.4, 0.5) is 21.5 Å². The molecule has 0 radical (unpaired) electrons. The Hall–Kier alpha value is -3.85. The second-order valence-electron chi connectivity index (χ2n) is 7.99. The van der Waals surface area contributed by atoms with E-state index in [2.05, 4.69) is 30.8 Å². The smallest absolute Gasteiger partial charge is 0.293 e. The van der Waals surface area contributed by atoms with Crippen LogP contribution in [0.1, 0.15) is 35.8 Å². The van der Waals surface area contributed by atoms with Gasteiger partial charge in [0.15, 0.2) is 6.29 Å². The van der Waals surface area contributed by atoms with Gasteiger partial charge in [-0.3, -0.25) is 14.6 Å². The summed E-state index contributed by atoms with van der Waals surface area (Å²) in [5.74, 6) is 0.498. The van der Waals surface area contributed by atoms with Crippen molar-refractivity contribution in [2.45, 2.75) is 26.1 Å². The van der Waals surface area contributed by atoms with E-state index in [1.54, 1.807) is 12.1 Å². The van der Waals surface area contributed by atoms with E-state index >= 15 is 0 Å². The zero-order valence-corrected chi connectivity index (χ0v) is 18.8. The van der Waals surface area contributed by atoms with Gasteiger partial charge in [0.05, 0.1) is 18.5 Å². The number of hydrogen-bond acceptors (Lipinski definition) is 7. The molecule has 0 aliphatic carbocycles. The van der Waals surface area contributed by atoms with E-state index in [-0.39, 0.29) is 23.7 Å². The van der Waals surface area contributed by atoms with Crippen molar-refractivity contribution in [2.24, 2.45) is 0 Å². The van der Waals surface area contributed by atoms with Gasteiger partial charge in [0.2, 0.25) is 0 Å². The number of hydroxylamine groups is 1. The molecule has 33 heavy (non-hydrogen) atoms. The number of carbonyl (C=O) groups excluding carboxylic acids is 1. The maximum Gasteiger partial charge on any atom is 0.293 e. The van der Waals surface area contributed by atoms with Gasteiger partial charge >= 0.3 is 0 Å². The third-order valence-electron chi connectivity index (χ3n) is 5.34. The van der Waals surface area contributed by atoms with Gasteiger partial charge in [0, 0.05) is 31.1 Å². The van der Waals surface area contributed by atoms with Gasteiger partial charge in [-0.2, -0.15) is 0 Å². The van der Waals surface area contributed by atoms with Crippen molar-refractivity contribution in [3.63, 3.8) is 0 Å². The molecule has 1 aromatic heterocycles. The Morgan fingerprint density at radius 1 is 1.15 bits per heavy atom. The first kappa shape index (κ1) is 22.3. The molecule has 1 aliphatic heterocycles. The van der Waals surface area contributed by atoms with Crippen molar-refractivity contribution in [2.75, 3.05) is 29.7 Å². The van der Waals surface area contributed by atoms with Crippen molar-refractivity contribution in [1.82, 2.24) is 10.5 Å². The van der Waals surface area contributed by atoms with Gasteiger partial charge in [-0.1, -0.05) is 13.8 Å². The summed E-state index contributed by atoms with van der Waals surface area (Å²) in [6.45, 7) is 3.94. The Bertz CT molecular complexity index is 1170. The molecule has 0 saturated carbocycles. The monoisotopic (exact) mass is 451 g/mol. The van der Waals surface area contributed by atoms with Crippen LogP contribution >= 0.6 is 0 Å². The Labute approximate surface area is 191 Å². The maximum atomic E-state index is 14.1. The van der Waals surface area contributed by atoms with E-state index in [0.717, 1.165) is 17.1 Å². The highest BCUT2D eigenvalue weighted by molar-refractivity contribution is 5.91. The molecule has 3 N–H and O–H groups in total. The summed E-state index contributed by atoms with van der Waals surface area (Å²) >= 11 is 0. The van der Waals surface area contributed by atoms with E-state index in [1.165, 1.54) is 25.4 Å². The number of anilines is 3. The predicted molar refractivity (Wildman–Crippen MR) is 125 cm³/mol. The second-order valence-corrected chi connectivity index (χ2v) is 7.99. The summed E-state index contributed by atoms with van der Waals surface area (Å²) in [6, 6.07) is 13.9. The Balaban J connectivity index is 1.48. The molecule has 2 heterocycles. The number of halogens is 1. The molecule has 1 unspecified atom stereocenters. The second kappa shape index (κ2) is 9.33. The molecule has 3 aromatic rings. The van der Waals surface area contributed by atoms with Crippen LogP contribution in [-0.4, -0.2) is 31.3 Å². The third-order valence-corrected chi connectivity index (χ3v) is 5.34. The molecule has 0 spiro atoms. The van der Waals surface area contributed by atoms with Crippen LogP contribution in [0.5, 0.6) is 11.5 Å². The molecular weight excluding hydrogens is 425 g/mol. The van der Waals surface area contributed by atoms with E-state index in [0.29, 0.717) is 17.1 Å². The zero-order chi connectivity index (χ0) is 23.5. The third kappa shape index (κ3) is 4.83. The number of nitrogens with zero attached hydrogens (tertiary/aromatic N) is 2. The molecule has 1 aliphatic rings. The maximum absolute atomic E-state index is 14.1. The minimum atomic E-state index is -0.462. The van der Waals surface area contributed by atoms with Crippen molar-refractivity contribution in [3.8, 4) is 11.5 Å². The Morgan fingerprint density at radius 3 is 2.70 bits per heavy atom. The normalized spacial score (nSPS) is 14.6. The lowest BCUT2D eigenvalue weighted by Crippen LogP contribution is -2.39. The lowest BCUT2D eigenvalue weighted by atomic mass is 10.0. The molecule has 0 fully saturated rings. The summed E-state index contributed by atoms with van der Waals surface area (Å²) in [5, 5.41) is 6.82. The van der Waals surface area contributed by atoms with E-state index in [4.69, 9.17) is 4.74 Å². The molecule has 0 saturated heterocycles. The Morgan fingerprint density at radius 2 is 1.94 bits per heavy atom. The van der Waals surface area contributed by atoms with Crippen LogP contribution in [0, 0.1) is 5.82 Å². The lowest BCUT2D eigenvalue weighted by Gasteiger charge is -2.24. The topological polar surface area (TPSA) is 87.8 Å². The summed E-state index contributed by atoms with van der Waals surface area (Å²) in [6.07, 6.45) is 1.28.